The largest absolute Gasteiger partial charge is 0.507 e. The van der Waals surface area contributed by atoms with E-state index >= 15 is 0 Å². The summed E-state index contributed by atoms with van der Waals surface area (Å²) in [6.45, 7) is 3.74. The van der Waals surface area contributed by atoms with Crippen molar-refractivity contribution in [2.24, 2.45) is 0 Å². The van der Waals surface area contributed by atoms with Crippen molar-refractivity contribution in [2.75, 3.05) is 7.11 Å². The molecule has 0 aromatic heterocycles. The fourth-order valence-corrected chi connectivity index (χ4v) is 3.51. The van der Waals surface area contributed by atoms with Crippen LogP contribution in [-0.4, -0.2) is 34.7 Å². The number of phenols is 2. The van der Waals surface area contributed by atoms with E-state index in [1.807, 2.05) is 30.3 Å². The molecule has 35 heavy (non-hydrogen) atoms. The number of methoxy groups -OCH3 is 1. The predicted molar refractivity (Wildman–Crippen MR) is 133 cm³/mol. The minimum Gasteiger partial charge on any atom is -0.507 e. The molecule has 2 N–H and O–H groups in total. The molecule has 1 atom stereocenters. The molecule has 0 saturated heterocycles. The van der Waals surface area contributed by atoms with Crippen molar-refractivity contribution in [3.8, 4) is 17.2 Å². The molecule has 6 nitrogen and oxygen atoms in total. The van der Waals surface area contributed by atoms with Gasteiger partial charge in [-0.25, -0.2) is 0 Å². The van der Waals surface area contributed by atoms with Crippen LogP contribution in [0.25, 0.3) is 0 Å². The van der Waals surface area contributed by atoms with Gasteiger partial charge >= 0.3 is 0 Å². The second kappa shape index (κ2) is 11.4. The van der Waals surface area contributed by atoms with Crippen LogP contribution in [0.4, 0.5) is 0 Å². The Labute approximate surface area is 203 Å². The molecule has 1 aliphatic carbocycles. The lowest BCUT2D eigenvalue weighted by Gasteiger charge is -2.16. The van der Waals surface area contributed by atoms with E-state index in [0.717, 1.165) is 5.56 Å². The number of hydrogen-bond donors (Lipinski definition) is 2. The smallest absolute Gasteiger partial charge is 0.200 e. The van der Waals surface area contributed by atoms with Crippen LogP contribution in [-0.2, 0) is 9.59 Å². The Morgan fingerprint density at radius 1 is 0.886 bits per heavy atom. The number of aromatic hydroxyl groups is 2. The van der Waals surface area contributed by atoms with Crippen molar-refractivity contribution in [1.29, 1.82) is 0 Å². The van der Waals surface area contributed by atoms with E-state index in [9.17, 15) is 24.6 Å². The maximum Gasteiger partial charge on any atom is 0.200 e. The molecule has 0 radical (unpaired) electrons. The molecule has 176 valence electrons. The zero-order valence-corrected chi connectivity index (χ0v) is 19.0. The van der Waals surface area contributed by atoms with Gasteiger partial charge in [-0.15, -0.1) is 6.58 Å². The molecule has 0 bridgehead atoms. The molecule has 0 fully saturated rings. The van der Waals surface area contributed by atoms with E-state index in [1.165, 1.54) is 49.6 Å². The molecule has 0 heterocycles. The quantitative estimate of drug-likeness (QED) is 0.302. The third kappa shape index (κ3) is 6.00. The number of ether oxygens (including phenoxy) is 1. The van der Waals surface area contributed by atoms with Gasteiger partial charge in [0.25, 0.3) is 0 Å². The monoisotopic (exact) mass is 468 g/mol. The van der Waals surface area contributed by atoms with Gasteiger partial charge in [-0.3, -0.25) is 14.4 Å². The molecule has 0 amide bonds. The van der Waals surface area contributed by atoms with Crippen LogP contribution in [0.1, 0.15) is 27.4 Å². The van der Waals surface area contributed by atoms with Gasteiger partial charge in [0.15, 0.2) is 17.3 Å². The fraction of sp³-hybridized carbons (Fsp3) is 0.0690. The summed E-state index contributed by atoms with van der Waals surface area (Å²) in [7, 11) is 1.47. The molecule has 0 aliphatic heterocycles. The average molecular weight is 469 g/mol. The van der Waals surface area contributed by atoms with Gasteiger partial charge in [-0.05, 0) is 48.1 Å². The molecule has 0 saturated carbocycles. The van der Waals surface area contributed by atoms with Crippen molar-refractivity contribution in [1.82, 2.24) is 0 Å². The van der Waals surface area contributed by atoms with Crippen molar-refractivity contribution >= 4 is 17.3 Å². The molecule has 1 aliphatic rings. The summed E-state index contributed by atoms with van der Waals surface area (Å²) in [5.74, 6) is -0.770. The van der Waals surface area contributed by atoms with Gasteiger partial charge < -0.3 is 14.9 Å². The van der Waals surface area contributed by atoms with Crippen molar-refractivity contribution < 1.29 is 29.3 Å². The third-order valence-electron chi connectivity index (χ3n) is 5.31. The third-order valence-corrected chi connectivity index (χ3v) is 5.31. The number of carbonyl (C=O) groups is 3. The number of phenolic OH excluding ortho intramolecular Hbond substituents is 2. The second-order valence-electron chi connectivity index (χ2n) is 7.55. The molecule has 0 spiro atoms. The highest BCUT2D eigenvalue weighted by Crippen LogP contribution is 2.29. The Balaban J connectivity index is 0.000000196. The summed E-state index contributed by atoms with van der Waals surface area (Å²) in [6.07, 6.45) is 5.68. The van der Waals surface area contributed by atoms with Crippen molar-refractivity contribution in [3.63, 3.8) is 0 Å². The summed E-state index contributed by atoms with van der Waals surface area (Å²) in [5, 5.41) is 19.4. The van der Waals surface area contributed by atoms with Crippen molar-refractivity contribution in [2.45, 2.75) is 5.92 Å². The second-order valence-corrected chi connectivity index (χ2v) is 7.55. The number of rotatable bonds is 6. The first-order valence-corrected chi connectivity index (χ1v) is 10.7. The van der Waals surface area contributed by atoms with E-state index < -0.39 is 5.78 Å². The summed E-state index contributed by atoms with van der Waals surface area (Å²) < 4.78 is 4.94. The first kappa shape index (κ1) is 24.9. The highest BCUT2D eigenvalue weighted by atomic mass is 16.5. The van der Waals surface area contributed by atoms with Gasteiger partial charge in [0.2, 0.25) is 0 Å². The number of carbonyl (C=O) groups excluding carboxylic acids is 3. The lowest BCUT2D eigenvalue weighted by Crippen LogP contribution is -2.13. The van der Waals surface area contributed by atoms with Crippen LogP contribution in [0.3, 0.4) is 0 Å². The number of benzene rings is 3. The van der Waals surface area contributed by atoms with Gasteiger partial charge in [-0.2, -0.15) is 0 Å². The van der Waals surface area contributed by atoms with Crippen LogP contribution in [0.2, 0.25) is 0 Å². The van der Waals surface area contributed by atoms with Crippen LogP contribution in [0.5, 0.6) is 17.2 Å². The first-order chi connectivity index (χ1) is 16.8. The van der Waals surface area contributed by atoms with E-state index in [-0.39, 0.29) is 40.1 Å². The van der Waals surface area contributed by atoms with Crippen molar-refractivity contribution in [3.05, 3.63) is 126 Å². The maximum absolute atomic E-state index is 12.1. The standard InChI is InChI=1S/C15H12O2.C14H12O4/c1-2-13(11-6-4-3-5-7-11)14-10-12(16)8-9-15(14)17;1-18-9-6-7-11(13(16)8-9)14(17)10-4-2-3-5-12(10)15/h2-10,13H,1H2;2-8,15-16H,1H3. The minimum atomic E-state index is -0.437. The number of ketones is 3. The lowest BCUT2D eigenvalue weighted by atomic mass is 9.86. The zero-order chi connectivity index (χ0) is 25.4. The molecular weight excluding hydrogens is 444 g/mol. The highest BCUT2D eigenvalue weighted by molar-refractivity contribution is 6.18. The van der Waals surface area contributed by atoms with Crippen LogP contribution in [0.15, 0.2) is 109 Å². The van der Waals surface area contributed by atoms with Crippen LogP contribution >= 0.6 is 0 Å². The van der Waals surface area contributed by atoms with Gasteiger partial charge in [0, 0.05) is 17.6 Å². The van der Waals surface area contributed by atoms with Crippen LogP contribution in [0, 0.1) is 0 Å². The first-order valence-electron chi connectivity index (χ1n) is 10.7. The normalized spacial score (nSPS) is 13.2. The molecule has 4 rings (SSSR count). The Morgan fingerprint density at radius 2 is 1.54 bits per heavy atom. The van der Waals surface area contributed by atoms with Gasteiger partial charge in [0.1, 0.15) is 17.2 Å². The SMILES string of the molecule is C=CC(C1=CC(=O)C=CC1=O)c1ccccc1.COc1ccc(C(=O)c2ccccc2O)c(O)c1. The number of para-hydroxylation sites is 1. The minimum absolute atomic E-state index is 0.113. The molecule has 3 aromatic rings. The average Bonchev–Trinajstić information content (AvgIpc) is 2.87. The highest BCUT2D eigenvalue weighted by Gasteiger charge is 2.21. The lowest BCUT2D eigenvalue weighted by molar-refractivity contribution is -0.114. The van der Waals surface area contributed by atoms with E-state index in [1.54, 1.807) is 24.3 Å². The predicted octanol–water partition coefficient (Wildman–Crippen LogP) is 4.93. The van der Waals surface area contributed by atoms with Gasteiger partial charge in [0.05, 0.1) is 18.2 Å². The summed E-state index contributed by atoms with van der Waals surface area (Å²) in [6, 6.07) is 20.1. The Bertz CT molecular complexity index is 1320. The Hall–Kier alpha value is -4.71. The Kier molecular flexibility index (Phi) is 8.14. The van der Waals surface area contributed by atoms with E-state index in [4.69, 9.17) is 4.74 Å². The van der Waals surface area contributed by atoms with E-state index in [2.05, 4.69) is 6.58 Å². The Morgan fingerprint density at radius 3 is 2.17 bits per heavy atom. The summed E-state index contributed by atoms with van der Waals surface area (Å²) >= 11 is 0. The number of hydrogen-bond acceptors (Lipinski definition) is 6. The maximum atomic E-state index is 12.1. The number of allylic oxidation sites excluding steroid dienone is 5. The van der Waals surface area contributed by atoms with E-state index in [0.29, 0.717) is 11.3 Å². The molecule has 3 aromatic carbocycles. The summed E-state index contributed by atoms with van der Waals surface area (Å²) in [4.78, 5) is 35.2. The van der Waals surface area contributed by atoms with Crippen LogP contribution < -0.4 is 4.74 Å². The van der Waals surface area contributed by atoms with Gasteiger partial charge in [-0.1, -0.05) is 48.5 Å². The molecule has 6 heteroatoms. The summed E-state index contributed by atoms with van der Waals surface area (Å²) in [5.41, 5.74) is 1.72. The molecule has 1 unspecified atom stereocenters. The zero-order valence-electron chi connectivity index (χ0n) is 19.0. The fourth-order valence-electron chi connectivity index (χ4n) is 3.51. The molecular formula is C29H24O6. The topological polar surface area (TPSA) is 101 Å².